The molecule has 7 nitrogen and oxygen atoms in total. The van der Waals surface area contributed by atoms with Crippen LogP contribution in [0.4, 0.5) is 5.69 Å². The van der Waals surface area contributed by atoms with Gasteiger partial charge in [0.25, 0.3) is 0 Å². The number of nitrogens with zero attached hydrogens (tertiary/aromatic N) is 5. The maximum Gasteiger partial charge on any atom is 0.238 e. The molecule has 0 unspecified atom stereocenters. The van der Waals surface area contributed by atoms with E-state index in [1.165, 1.54) is 0 Å². The summed E-state index contributed by atoms with van der Waals surface area (Å²) >= 11 is 11.7. The van der Waals surface area contributed by atoms with Crippen molar-refractivity contribution in [1.82, 2.24) is 24.2 Å². The van der Waals surface area contributed by atoms with E-state index in [-0.39, 0.29) is 12.5 Å². The number of pyridine rings is 1. The average Bonchev–Trinajstić information content (AvgIpc) is 3.12. The first kappa shape index (κ1) is 22.8. The molecule has 168 valence electrons. The van der Waals surface area contributed by atoms with E-state index in [2.05, 4.69) is 10.3 Å². The minimum atomic E-state index is -0.140. The molecule has 2 heterocycles. The lowest BCUT2D eigenvalue weighted by molar-refractivity contribution is -0.117. The fourth-order valence-electron chi connectivity index (χ4n) is 3.48. The number of carbonyl (C=O) groups is 1. The van der Waals surface area contributed by atoms with Crippen LogP contribution in [0.5, 0.6) is 0 Å². The van der Waals surface area contributed by atoms with Gasteiger partial charge in [-0.15, -0.1) is 5.10 Å². The Labute approximate surface area is 202 Å². The van der Waals surface area contributed by atoms with Crippen LogP contribution < -0.4 is 5.32 Å². The first-order valence-corrected chi connectivity index (χ1v) is 11.1. The molecule has 0 aliphatic rings. The second kappa shape index (κ2) is 10.1. The Balaban J connectivity index is 1.59. The van der Waals surface area contributed by atoms with Crippen molar-refractivity contribution in [2.24, 2.45) is 0 Å². The van der Waals surface area contributed by atoms with E-state index in [0.717, 1.165) is 22.6 Å². The van der Waals surface area contributed by atoms with E-state index in [9.17, 15) is 4.79 Å². The molecule has 4 aromatic rings. The first-order valence-electron chi connectivity index (χ1n) is 10.3. The zero-order chi connectivity index (χ0) is 23.4. The van der Waals surface area contributed by atoms with Crippen molar-refractivity contribution in [3.05, 3.63) is 88.4 Å². The van der Waals surface area contributed by atoms with Crippen molar-refractivity contribution in [3.8, 4) is 17.1 Å². The van der Waals surface area contributed by atoms with Gasteiger partial charge < -0.3 is 5.32 Å². The number of anilines is 1. The van der Waals surface area contributed by atoms with Crippen LogP contribution in [0.25, 0.3) is 17.1 Å². The Morgan fingerprint density at radius 3 is 2.48 bits per heavy atom. The number of aryl methyl sites for hydroxylation is 1. The maximum atomic E-state index is 12.5. The van der Waals surface area contributed by atoms with Gasteiger partial charge in [0, 0.05) is 28.7 Å². The molecule has 1 N–H and O–H groups in total. The summed E-state index contributed by atoms with van der Waals surface area (Å²) in [5, 5.41) is 8.29. The molecule has 0 bridgehead atoms. The lowest BCUT2D eigenvalue weighted by Gasteiger charge is -2.16. The van der Waals surface area contributed by atoms with Gasteiger partial charge in [0.15, 0.2) is 5.82 Å². The number of carbonyl (C=O) groups excluding carboxylic acids is 1. The third kappa shape index (κ3) is 5.36. The second-order valence-corrected chi connectivity index (χ2v) is 8.48. The molecule has 0 fully saturated rings. The average molecular weight is 479 g/mol. The van der Waals surface area contributed by atoms with Crippen LogP contribution in [0.1, 0.15) is 5.56 Å². The summed E-state index contributed by atoms with van der Waals surface area (Å²) in [7, 11) is 1.85. The highest BCUT2D eigenvalue weighted by Crippen LogP contribution is 2.24. The van der Waals surface area contributed by atoms with Gasteiger partial charge in [0.1, 0.15) is 0 Å². The predicted octanol–water partition coefficient (Wildman–Crippen LogP) is 4.96. The van der Waals surface area contributed by atoms with Crippen LogP contribution in [0, 0.1) is 11.7 Å². The quantitative estimate of drug-likeness (QED) is 0.380. The maximum absolute atomic E-state index is 12.5. The molecule has 0 aliphatic heterocycles. The van der Waals surface area contributed by atoms with Crippen LogP contribution >= 0.6 is 23.8 Å². The monoisotopic (exact) mass is 478 g/mol. The Morgan fingerprint density at radius 1 is 1.09 bits per heavy atom. The highest BCUT2D eigenvalue weighted by Gasteiger charge is 2.17. The number of nitrogens with one attached hydrogen (secondary N) is 1. The van der Waals surface area contributed by atoms with Crippen LogP contribution in [0.15, 0.2) is 73.1 Å². The molecule has 1 amide bonds. The summed E-state index contributed by atoms with van der Waals surface area (Å²) in [6.45, 7) is 2.56. The number of para-hydroxylation sites is 1. The Kier molecular flexibility index (Phi) is 6.98. The summed E-state index contributed by atoms with van der Waals surface area (Å²) in [5.41, 5.74) is 3.64. The van der Waals surface area contributed by atoms with Gasteiger partial charge in [-0.25, -0.2) is 4.68 Å². The van der Waals surface area contributed by atoms with E-state index >= 15 is 0 Å². The van der Waals surface area contributed by atoms with Crippen molar-refractivity contribution in [3.63, 3.8) is 0 Å². The third-order valence-corrected chi connectivity index (χ3v) is 5.70. The molecule has 2 aromatic heterocycles. The molecule has 0 spiro atoms. The second-order valence-electron chi connectivity index (χ2n) is 7.67. The van der Waals surface area contributed by atoms with Gasteiger partial charge in [0.05, 0.1) is 18.9 Å². The third-order valence-electron chi connectivity index (χ3n) is 5.05. The van der Waals surface area contributed by atoms with Crippen LogP contribution in [-0.4, -0.2) is 43.7 Å². The van der Waals surface area contributed by atoms with Crippen molar-refractivity contribution in [1.29, 1.82) is 0 Å². The Bertz CT molecular complexity index is 1320. The molecule has 0 saturated carbocycles. The SMILES string of the molecule is Cc1ccccc1-n1c(-c2ccncc2)nn(CN(C)CC(=O)Nc2ccc(Cl)cc2)c1=S. The predicted molar refractivity (Wildman–Crippen MR) is 133 cm³/mol. The largest absolute Gasteiger partial charge is 0.325 e. The summed E-state index contributed by atoms with van der Waals surface area (Å²) in [6.07, 6.45) is 3.46. The molecule has 2 aromatic carbocycles. The number of halogens is 1. The summed E-state index contributed by atoms with van der Waals surface area (Å²) in [4.78, 5) is 18.5. The van der Waals surface area contributed by atoms with Gasteiger partial charge in [-0.05, 0) is 74.2 Å². The number of hydrogen-bond donors (Lipinski definition) is 1. The van der Waals surface area contributed by atoms with Gasteiger partial charge in [-0.1, -0.05) is 29.8 Å². The van der Waals surface area contributed by atoms with Crippen molar-refractivity contribution >= 4 is 35.4 Å². The number of aromatic nitrogens is 4. The van der Waals surface area contributed by atoms with Gasteiger partial charge in [-0.2, -0.15) is 0 Å². The zero-order valence-corrected chi connectivity index (χ0v) is 19.8. The van der Waals surface area contributed by atoms with Crippen molar-refractivity contribution in [2.75, 3.05) is 18.9 Å². The standard InChI is InChI=1S/C24H23ClN6OS/c1-17-5-3-4-6-21(17)31-23(18-11-13-26-14-12-18)28-30(24(31)33)16-29(2)15-22(32)27-20-9-7-19(25)8-10-20/h3-14H,15-16H2,1-2H3,(H,27,32). The molecule has 0 aliphatic carbocycles. The molecule has 0 radical (unpaired) electrons. The normalized spacial score (nSPS) is 11.0. The molecular weight excluding hydrogens is 456 g/mol. The van der Waals surface area contributed by atoms with Crippen molar-refractivity contribution < 1.29 is 4.79 Å². The number of rotatable bonds is 7. The van der Waals surface area contributed by atoms with E-state index < -0.39 is 0 Å². The van der Waals surface area contributed by atoms with E-state index in [1.807, 2.05) is 59.8 Å². The molecule has 9 heteroatoms. The highest BCUT2D eigenvalue weighted by molar-refractivity contribution is 7.71. The molecule has 33 heavy (non-hydrogen) atoms. The van der Waals surface area contributed by atoms with E-state index in [0.29, 0.717) is 22.1 Å². The van der Waals surface area contributed by atoms with E-state index in [1.54, 1.807) is 41.3 Å². The fraction of sp³-hybridized carbons (Fsp3) is 0.167. The number of amides is 1. The molecular formula is C24H23ClN6OS. The molecule has 4 rings (SSSR count). The topological polar surface area (TPSA) is 68.0 Å². The molecule has 0 atom stereocenters. The number of benzene rings is 2. The van der Waals surface area contributed by atoms with Gasteiger partial charge >= 0.3 is 0 Å². The smallest absolute Gasteiger partial charge is 0.238 e. The number of hydrogen-bond acceptors (Lipinski definition) is 5. The summed E-state index contributed by atoms with van der Waals surface area (Å²) < 4.78 is 4.23. The minimum absolute atomic E-state index is 0.140. The Hall–Kier alpha value is -3.33. The van der Waals surface area contributed by atoms with Crippen LogP contribution in [0.3, 0.4) is 0 Å². The van der Waals surface area contributed by atoms with Crippen LogP contribution in [0.2, 0.25) is 5.02 Å². The van der Waals surface area contributed by atoms with Crippen molar-refractivity contribution in [2.45, 2.75) is 13.6 Å². The fourth-order valence-corrected chi connectivity index (χ4v) is 3.89. The van der Waals surface area contributed by atoms with Gasteiger partial charge in [0.2, 0.25) is 10.7 Å². The van der Waals surface area contributed by atoms with Gasteiger partial charge in [-0.3, -0.25) is 19.2 Å². The lowest BCUT2D eigenvalue weighted by atomic mass is 10.2. The lowest BCUT2D eigenvalue weighted by Crippen LogP contribution is -2.32. The Morgan fingerprint density at radius 2 is 1.79 bits per heavy atom. The van der Waals surface area contributed by atoms with Crippen LogP contribution in [-0.2, 0) is 11.5 Å². The summed E-state index contributed by atoms with van der Waals surface area (Å²) in [5.74, 6) is 0.578. The summed E-state index contributed by atoms with van der Waals surface area (Å²) in [6, 6.07) is 18.8. The molecule has 0 saturated heterocycles. The highest BCUT2D eigenvalue weighted by atomic mass is 35.5. The van der Waals surface area contributed by atoms with E-state index in [4.69, 9.17) is 28.9 Å². The zero-order valence-electron chi connectivity index (χ0n) is 18.3. The first-order chi connectivity index (χ1) is 15.9. The minimum Gasteiger partial charge on any atom is -0.325 e. The number of likely N-dealkylation sites (N-methyl/N-ethyl adjacent to an activating group) is 1.